The van der Waals surface area contributed by atoms with Crippen molar-refractivity contribution in [3.8, 4) is 0 Å². The van der Waals surface area contributed by atoms with Crippen LogP contribution in [0.3, 0.4) is 0 Å². The highest BCUT2D eigenvalue weighted by molar-refractivity contribution is 6.33. The smallest absolute Gasteiger partial charge is 0.323 e. The minimum atomic E-state index is -0.791. The number of esters is 1. The van der Waals surface area contributed by atoms with E-state index in [2.05, 4.69) is 0 Å². The molecule has 0 spiro atoms. The van der Waals surface area contributed by atoms with E-state index in [0.717, 1.165) is 25.8 Å². The van der Waals surface area contributed by atoms with Crippen LogP contribution >= 0.6 is 23.2 Å². The van der Waals surface area contributed by atoms with Crippen LogP contribution < -0.4 is 0 Å². The van der Waals surface area contributed by atoms with E-state index in [1.54, 1.807) is 25.1 Å². The van der Waals surface area contributed by atoms with Crippen LogP contribution in [0.15, 0.2) is 18.2 Å². The molecular weight excluding hydrogens is 325 g/mol. The Morgan fingerprint density at radius 2 is 2.23 bits per heavy atom. The highest BCUT2D eigenvalue weighted by Gasteiger charge is 2.31. The topological polar surface area (TPSA) is 49.8 Å². The summed E-state index contributed by atoms with van der Waals surface area (Å²) in [5.41, 5.74) is 0.586. The van der Waals surface area contributed by atoms with Gasteiger partial charge < -0.3 is 9.84 Å². The fourth-order valence-electron chi connectivity index (χ4n) is 2.81. The summed E-state index contributed by atoms with van der Waals surface area (Å²) in [7, 11) is 0. The molecule has 0 bridgehead atoms. The number of piperidine rings is 1. The van der Waals surface area contributed by atoms with Gasteiger partial charge in [-0.05, 0) is 44.5 Å². The molecule has 1 aromatic carbocycles. The number of β-amino-alcohol motifs (C(OH)–C–C–N with tert-alkyl or cyclic N) is 1. The zero-order valence-electron chi connectivity index (χ0n) is 12.6. The average molecular weight is 346 g/mol. The van der Waals surface area contributed by atoms with Crippen LogP contribution in [0.25, 0.3) is 0 Å². The van der Waals surface area contributed by atoms with Crippen LogP contribution in [0.5, 0.6) is 0 Å². The van der Waals surface area contributed by atoms with Crippen LogP contribution in [0.1, 0.15) is 37.9 Å². The number of aliphatic hydroxyl groups excluding tert-OH is 1. The summed E-state index contributed by atoms with van der Waals surface area (Å²) < 4.78 is 5.13. The van der Waals surface area contributed by atoms with E-state index in [4.69, 9.17) is 27.9 Å². The molecule has 2 unspecified atom stereocenters. The van der Waals surface area contributed by atoms with Gasteiger partial charge in [0, 0.05) is 22.2 Å². The van der Waals surface area contributed by atoms with Crippen LogP contribution in [0, 0.1) is 0 Å². The molecule has 0 aliphatic carbocycles. The third-order valence-corrected chi connectivity index (χ3v) is 4.48. The third kappa shape index (κ3) is 4.35. The molecule has 22 heavy (non-hydrogen) atoms. The maximum Gasteiger partial charge on any atom is 0.323 e. The van der Waals surface area contributed by atoms with Crippen molar-refractivity contribution in [2.75, 3.05) is 19.7 Å². The average Bonchev–Trinajstić information content (AvgIpc) is 2.50. The second-order valence-corrected chi connectivity index (χ2v) is 6.28. The van der Waals surface area contributed by atoms with Crippen LogP contribution in [0.4, 0.5) is 0 Å². The molecule has 0 amide bonds. The maximum atomic E-state index is 12.1. The van der Waals surface area contributed by atoms with Gasteiger partial charge in [-0.3, -0.25) is 9.69 Å². The SMILES string of the molecule is CCOC(=O)C1CCCCN1CC(O)c1cc(Cl)ccc1Cl. The minimum Gasteiger partial charge on any atom is -0.465 e. The number of nitrogens with zero attached hydrogens (tertiary/aromatic N) is 1. The van der Waals surface area contributed by atoms with Crippen molar-refractivity contribution in [1.82, 2.24) is 4.90 Å². The van der Waals surface area contributed by atoms with Gasteiger partial charge in [-0.2, -0.15) is 0 Å². The Bertz CT molecular complexity index is 524. The number of halogens is 2. The lowest BCUT2D eigenvalue weighted by molar-refractivity contribution is -0.151. The maximum absolute atomic E-state index is 12.1. The zero-order valence-corrected chi connectivity index (χ0v) is 14.1. The molecule has 4 nitrogen and oxygen atoms in total. The summed E-state index contributed by atoms with van der Waals surface area (Å²) >= 11 is 12.1. The number of carbonyl (C=O) groups excluding carboxylic acids is 1. The lowest BCUT2D eigenvalue weighted by Crippen LogP contribution is -2.47. The Labute approximate surface area is 141 Å². The Morgan fingerprint density at radius 1 is 1.45 bits per heavy atom. The van der Waals surface area contributed by atoms with Gasteiger partial charge in [-0.15, -0.1) is 0 Å². The molecule has 122 valence electrons. The quantitative estimate of drug-likeness (QED) is 0.830. The van der Waals surface area contributed by atoms with Crippen molar-refractivity contribution in [3.05, 3.63) is 33.8 Å². The zero-order chi connectivity index (χ0) is 16.1. The van der Waals surface area contributed by atoms with E-state index in [1.807, 2.05) is 4.90 Å². The number of hydrogen-bond acceptors (Lipinski definition) is 4. The molecule has 0 saturated carbocycles. The summed E-state index contributed by atoms with van der Waals surface area (Å²) in [4.78, 5) is 14.0. The largest absolute Gasteiger partial charge is 0.465 e. The molecule has 6 heteroatoms. The number of ether oxygens (including phenoxy) is 1. The van der Waals surface area contributed by atoms with Gasteiger partial charge in [0.05, 0.1) is 12.7 Å². The van der Waals surface area contributed by atoms with E-state index >= 15 is 0 Å². The van der Waals surface area contributed by atoms with Crippen molar-refractivity contribution in [2.24, 2.45) is 0 Å². The van der Waals surface area contributed by atoms with Crippen molar-refractivity contribution >= 4 is 29.2 Å². The van der Waals surface area contributed by atoms with Gasteiger partial charge in [0.2, 0.25) is 0 Å². The van der Waals surface area contributed by atoms with Crippen molar-refractivity contribution in [1.29, 1.82) is 0 Å². The van der Waals surface area contributed by atoms with E-state index in [1.165, 1.54) is 0 Å². The Hall–Kier alpha value is -0.810. The first-order valence-electron chi connectivity index (χ1n) is 7.56. The monoisotopic (exact) mass is 345 g/mol. The summed E-state index contributed by atoms with van der Waals surface area (Å²) in [6.07, 6.45) is 1.97. The predicted octanol–water partition coefficient (Wildman–Crippen LogP) is 3.44. The molecule has 2 atom stereocenters. The highest BCUT2D eigenvalue weighted by Crippen LogP contribution is 2.29. The lowest BCUT2D eigenvalue weighted by Gasteiger charge is -2.35. The molecule has 0 radical (unpaired) electrons. The van der Waals surface area contributed by atoms with Crippen molar-refractivity contribution in [2.45, 2.75) is 38.3 Å². The summed E-state index contributed by atoms with van der Waals surface area (Å²) in [5.74, 6) is -0.216. The molecule has 1 heterocycles. The standard InChI is InChI=1S/C16H21Cl2NO3/c1-2-22-16(21)14-5-3-4-8-19(14)10-15(20)12-9-11(17)6-7-13(12)18/h6-7,9,14-15,20H,2-5,8,10H2,1H3. The fraction of sp³-hybridized carbons (Fsp3) is 0.562. The molecule has 1 N–H and O–H groups in total. The Kier molecular flexibility index (Phi) is 6.50. The molecule has 1 aromatic rings. The first kappa shape index (κ1) is 17.5. The van der Waals surface area contributed by atoms with E-state index in [-0.39, 0.29) is 12.0 Å². The highest BCUT2D eigenvalue weighted by atomic mass is 35.5. The second kappa shape index (κ2) is 8.16. The van der Waals surface area contributed by atoms with Gasteiger partial charge >= 0.3 is 5.97 Å². The van der Waals surface area contributed by atoms with Gasteiger partial charge in [-0.1, -0.05) is 29.6 Å². The minimum absolute atomic E-state index is 0.216. The van der Waals surface area contributed by atoms with Crippen molar-refractivity contribution in [3.63, 3.8) is 0 Å². The van der Waals surface area contributed by atoms with Gasteiger partial charge in [0.1, 0.15) is 6.04 Å². The number of likely N-dealkylation sites (tertiary alicyclic amines) is 1. The molecule has 2 rings (SSSR count). The predicted molar refractivity (Wildman–Crippen MR) is 87.3 cm³/mol. The van der Waals surface area contributed by atoms with E-state index in [9.17, 15) is 9.90 Å². The fourth-order valence-corrected chi connectivity index (χ4v) is 3.23. The number of rotatable bonds is 5. The molecule has 0 aromatic heterocycles. The Balaban J connectivity index is 2.09. The first-order valence-corrected chi connectivity index (χ1v) is 8.32. The van der Waals surface area contributed by atoms with Gasteiger partial charge in [0.25, 0.3) is 0 Å². The molecule has 1 saturated heterocycles. The van der Waals surface area contributed by atoms with E-state index < -0.39 is 6.10 Å². The second-order valence-electron chi connectivity index (χ2n) is 5.44. The molecule has 1 aliphatic rings. The normalized spacial score (nSPS) is 20.6. The third-order valence-electron chi connectivity index (χ3n) is 3.90. The van der Waals surface area contributed by atoms with Crippen LogP contribution in [-0.4, -0.2) is 41.7 Å². The Morgan fingerprint density at radius 3 is 2.95 bits per heavy atom. The van der Waals surface area contributed by atoms with Crippen LogP contribution in [0.2, 0.25) is 10.0 Å². The number of aliphatic hydroxyl groups is 1. The van der Waals surface area contributed by atoms with Gasteiger partial charge in [0.15, 0.2) is 0 Å². The molecule has 1 aliphatic heterocycles. The van der Waals surface area contributed by atoms with Crippen LogP contribution in [-0.2, 0) is 9.53 Å². The van der Waals surface area contributed by atoms with Gasteiger partial charge in [-0.25, -0.2) is 0 Å². The van der Waals surface area contributed by atoms with Crippen molar-refractivity contribution < 1.29 is 14.6 Å². The summed E-state index contributed by atoms with van der Waals surface area (Å²) in [6, 6.07) is 4.73. The van der Waals surface area contributed by atoms with E-state index in [0.29, 0.717) is 28.8 Å². The summed E-state index contributed by atoms with van der Waals surface area (Å²) in [6.45, 7) is 3.26. The summed E-state index contributed by atoms with van der Waals surface area (Å²) in [5, 5.41) is 11.5. The lowest BCUT2D eigenvalue weighted by atomic mass is 10.0. The number of hydrogen-bond donors (Lipinski definition) is 1. The molecule has 1 fully saturated rings. The first-order chi connectivity index (χ1) is 10.5. The number of benzene rings is 1. The molecular formula is C16H21Cl2NO3. The number of carbonyl (C=O) groups is 1.